The second-order valence-corrected chi connectivity index (χ2v) is 7.84. The summed E-state index contributed by atoms with van der Waals surface area (Å²) in [4.78, 5) is 27.3. The number of nitrogens with one attached hydrogen (secondary N) is 1. The lowest BCUT2D eigenvalue weighted by atomic mass is 10.0. The molecule has 31 heavy (non-hydrogen) atoms. The third-order valence-electron chi connectivity index (χ3n) is 5.82. The van der Waals surface area contributed by atoms with Crippen molar-refractivity contribution in [1.82, 2.24) is 10.2 Å². The largest absolute Gasteiger partial charge is 0.494 e. The van der Waals surface area contributed by atoms with Gasteiger partial charge in [0.25, 0.3) is 0 Å². The summed E-state index contributed by atoms with van der Waals surface area (Å²) < 4.78 is 5.51. The Balaban J connectivity index is 1.35. The third-order valence-corrected chi connectivity index (χ3v) is 5.82. The normalized spacial score (nSPS) is 15.8. The van der Waals surface area contributed by atoms with Crippen LogP contribution in [0.25, 0.3) is 10.8 Å². The van der Waals surface area contributed by atoms with E-state index in [0.29, 0.717) is 6.61 Å². The highest BCUT2D eigenvalue weighted by molar-refractivity contribution is 5.91. The number of ether oxygens (including phenoxy) is 1. The fraction of sp³-hybridized carbons (Fsp3) is 0.308. The number of benzene rings is 3. The van der Waals surface area contributed by atoms with Crippen molar-refractivity contribution in [1.29, 1.82) is 0 Å². The minimum Gasteiger partial charge on any atom is -0.494 e. The Morgan fingerprint density at radius 3 is 2.61 bits per heavy atom. The quantitative estimate of drug-likeness (QED) is 0.626. The zero-order valence-corrected chi connectivity index (χ0v) is 17.8. The SMILES string of the molecule is CCOc1ccc(C2CCCN2C(=O)CNC(=O)Cc2cccc3ccccc23)cc1. The molecule has 0 aliphatic carbocycles. The van der Waals surface area contributed by atoms with Gasteiger partial charge in [-0.25, -0.2) is 0 Å². The standard InChI is InChI=1S/C26H28N2O3/c1-2-31-22-14-12-20(13-15-22)24-11-6-16-28(24)26(30)18-27-25(29)17-21-9-5-8-19-7-3-4-10-23(19)21/h3-5,7-10,12-15,24H,2,6,11,16-18H2,1H3,(H,27,29). The van der Waals surface area contributed by atoms with Crippen LogP contribution in [0.1, 0.15) is 36.9 Å². The number of carbonyl (C=O) groups is 2. The molecule has 5 heteroatoms. The number of amides is 2. The summed E-state index contributed by atoms with van der Waals surface area (Å²) in [5.74, 6) is 0.659. The molecule has 1 heterocycles. The van der Waals surface area contributed by atoms with Crippen molar-refractivity contribution in [3.05, 3.63) is 77.9 Å². The zero-order chi connectivity index (χ0) is 21.6. The Hall–Kier alpha value is -3.34. The van der Waals surface area contributed by atoms with Crippen LogP contribution in [-0.2, 0) is 16.0 Å². The van der Waals surface area contributed by atoms with Crippen LogP contribution in [-0.4, -0.2) is 36.4 Å². The summed E-state index contributed by atoms with van der Waals surface area (Å²) in [5, 5.41) is 5.00. The summed E-state index contributed by atoms with van der Waals surface area (Å²) in [6.45, 7) is 3.33. The van der Waals surface area contributed by atoms with E-state index in [1.807, 2.05) is 78.6 Å². The molecule has 0 radical (unpaired) electrons. The maximum atomic E-state index is 12.9. The highest BCUT2D eigenvalue weighted by atomic mass is 16.5. The molecule has 0 bridgehead atoms. The van der Waals surface area contributed by atoms with E-state index in [1.165, 1.54) is 0 Å². The Labute approximate surface area is 183 Å². The van der Waals surface area contributed by atoms with Gasteiger partial charge in [-0.2, -0.15) is 0 Å². The van der Waals surface area contributed by atoms with Gasteiger partial charge in [0.2, 0.25) is 11.8 Å². The maximum Gasteiger partial charge on any atom is 0.242 e. The molecule has 5 nitrogen and oxygen atoms in total. The van der Waals surface area contributed by atoms with Crippen LogP contribution in [0.4, 0.5) is 0 Å². The van der Waals surface area contributed by atoms with Gasteiger partial charge < -0.3 is 15.0 Å². The van der Waals surface area contributed by atoms with Crippen molar-refractivity contribution in [3.63, 3.8) is 0 Å². The second kappa shape index (κ2) is 9.65. The van der Waals surface area contributed by atoms with Crippen molar-refractivity contribution in [2.75, 3.05) is 19.7 Å². The van der Waals surface area contributed by atoms with E-state index in [1.54, 1.807) is 0 Å². The molecule has 1 fully saturated rings. The second-order valence-electron chi connectivity index (χ2n) is 7.84. The summed E-state index contributed by atoms with van der Waals surface area (Å²) in [5.41, 5.74) is 2.08. The fourth-order valence-corrected chi connectivity index (χ4v) is 4.32. The molecule has 0 saturated carbocycles. The van der Waals surface area contributed by atoms with Gasteiger partial charge >= 0.3 is 0 Å². The molecule has 1 aliphatic heterocycles. The predicted octanol–water partition coefficient (Wildman–Crippen LogP) is 4.26. The molecule has 0 spiro atoms. The molecule has 1 atom stereocenters. The fourth-order valence-electron chi connectivity index (χ4n) is 4.32. The number of carbonyl (C=O) groups excluding carboxylic acids is 2. The van der Waals surface area contributed by atoms with Gasteiger partial charge in [0.15, 0.2) is 0 Å². The van der Waals surface area contributed by atoms with Gasteiger partial charge in [-0.3, -0.25) is 9.59 Å². The average molecular weight is 417 g/mol. The number of hydrogen-bond donors (Lipinski definition) is 1. The number of rotatable bonds is 7. The summed E-state index contributed by atoms with van der Waals surface area (Å²) in [6, 6.07) is 22.0. The molecule has 0 aromatic heterocycles. The van der Waals surface area contributed by atoms with Gasteiger partial charge in [0.1, 0.15) is 5.75 Å². The van der Waals surface area contributed by atoms with E-state index >= 15 is 0 Å². The Bertz CT molecular complexity index is 1060. The first-order valence-electron chi connectivity index (χ1n) is 10.9. The Morgan fingerprint density at radius 1 is 1.03 bits per heavy atom. The minimum absolute atomic E-state index is 0.0249. The lowest BCUT2D eigenvalue weighted by Crippen LogP contribution is -2.40. The van der Waals surface area contributed by atoms with Gasteiger partial charge in [0, 0.05) is 6.54 Å². The third kappa shape index (κ3) is 4.88. The molecule has 1 N–H and O–H groups in total. The van der Waals surface area contributed by atoms with Crippen molar-refractivity contribution < 1.29 is 14.3 Å². The van der Waals surface area contributed by atoms with Crippen LogP contribution in [0.2, 0.25) is 0 Å². The number of hydrogen-bond acceptors (Lipinski definition) is 3. The molecular weight excluding hydrogens is 388 g/mol. The molecule has 2 amide bonds. The van der Waals surface area contributed by atoms with Gasteiger partial charge in [0.05, 0.1) is 25.6 Å². The van der Waals surface area contributed by atoms with Gasteiger partial charge in [-0.15, -0.1) is 0 Å². The molecule has 1 saturated heterocycles. The molecule has 1 aliphatic rings. The van der Waals surface area contributed by atoms with Crippen LogP contribution in [0, 0.1) is 0 Å². The predicted molar refractivity (Wildman–Crippen MR) is 122 cm³/mol. The van der Waals surface area contributed by atoms with E-state index in [4.69, 9.17) is 4.74 Å². The van der Waals surface area contributed by atoms with Crippen LogP contribution < -0.4 is 10.1 Å². The first-order valence-corrected chi connectivity index (χ1v) is 10.9. The van der Waals surface area contributed by atoms with Crippen LogP contribution >= 0.6 is 0 Å². The molecular formula is C26H28N2O3. The van der Waals surface area contributed by atoms with E-state index in [2.05, 4.69) is 5.32 Å². The van der Waals surface area contributed by atoms with E-state index in [0.717, 1.165) is 47.0 Å². The first-order chi connectivity index (χ1) is 15.2. The van der Waals surface area contributed by atoms with E-state index in [-0.39, 0.29) is 30.8 Å². The monoisotopic (exact) mass is 416 g/mol. The molecule has 160 valence electrons. The number of nitrogens with zero attached hydrogens (tertiary/aromatic N) is 1. The van der Waals surface area contributed by atoms with Crippen molar-refractivity contribution in [2.24, 2.45) is 0 Å². The molecule has 3 aromatic carbocycles. The lowest BCUT2D eigenvalue weighted by molar-refractivity contribution is -0.133. The van der Waals surface area contributed by atoms with Crippen LogP contribution in [0.3, 0.4) is 0 Å². The van der Waals surface area contributed by atoms with Crippen molar-refractivity contribution in [2.45, 2.75) is 32.2 Å². The summed E-state index contributed by atoms with van der Waals surface area (Å²) >= 11 is 0. The van der Waals surface area contributed by atoms with Gasteiger partial charge in [-0.1, -0.05) is 54.6 Å². The van der Waals surface area contributed by atoms with Crippen molar-refractivity contribution in [3.8, 4) is 5.75 Å². The maximum absolute atomic E-state index is 12.9. The van der Waals surface area contributed by atoms with Crippen LogP contribution in [0.5, 0.6) is 5.75 Å². The van der Waals surface area contributed by atoms with E-state index < -0.39 is 0 Å². The average Bonchev–Trinajstić information content (AvgIpc) is 3.29. The number of likely N-dealkylation sites (tertiary alicyclic amines) is 1. The summed E-state index contributed by atoms with van der Waals surface area (Å²) in [6.07, 6.45) is 2.16. The molecule has 1 unspecified atom stereocenters. The lowest BCUT2D eigenvalue weighted by Gasteiger charge is -2.25. The Morgan fingerprint density at radius 2 is 1.81 bits per heavy atom. The number of fused-ring (bicyclic) bond motifs is 1. The minimum atomic E-state index is -0.137. The van der Waals surface area contributed by atoms with Crippen LogP contribution in [0.15, 0.2) is 66.7 Å². The topological polar surface area (TPSA) is 58.6 Å². The molecule has 3 aromatic rings. The highest BCUT2D eigenvalue weighted by Crippen LogP contribution is 2.32. The van der Waals surface area contributed by atoms with Crippen molar-refractivity contribution >= 4 is 22.6 Å². The highest BCUT2D eigenvalue weighted by Gasteiger charge is 2.29. The summed E-state index contributed by atoms with van der Waals surface area (Å²) in [7, 11) is 0. The first kappa shape index (κ1) is 20.9. The molecule has 4 rings (SSSR count). The zero-order valence-electron chi connectivity index (χ0n) is 17.8. The van der Waals surface area contributed by atoms with Gasteiger partial charge in [-0.05, 0) is 53.8 Å². The smallest absolute Gasteiger partial charge is 0.242 e. The van der Waals surface area contributed by atoms with E-state index in [9.17, 15) is 9.59 Å². The Kier molecular flexibility index (Phi) is 6.51.